The molecule has 0 spiro atoms. The zero-order chi connectivity index (χ0) is 12.4. The summed E-state index contributed by atoms with van der Waals surface area (Å²) in [6.07, 6.45) is 21.2. The van der Waals surface area contributed by atoms with Crippen molar-refractivity contribution in [2.45, 2.75) is 52.9 Å². The van der Waals surface area contributed by atoms with Gasteiger partial charge in [0.15, 0.2) is 0 Å². The van der Waals surface area contributed by atoms with Crippen molar-refractivity contribution in [3.8, 4) is 12.8 Å². The summed E-state index contributed by atoms with van der Waals surface area (Å²) < 4.78 is 0. The number of allylic oxidation sites excluding steroid dienone is 6. The minimum absolute atomic E-state index is 1.26. The molecule has 0 aromatic carbocycles. The molecule has 0 nitrogen and oxygen atoms in total. The average molecular weight is 216 g/mol. The summed E-state index contributed by atoms with van der Waals surface area (Å²) in [6, 6.07) is 0. The molecule has 88 valence electrons. The normalized spacial score (nSPS) is 15.7. The molecule has 0 heteroatoms. The Morgan fingerprint density at radius 2 is 2.00 bits per heavy atom. The first-order chi connectivity index (χ1) is 7.72. The van der Waals surface area contributed by atoms with Crippen molar-refractivity contribution in [3.63, 3.8) is 0 Å². The fourth-order valence-electron chi connectivity index (χ4n) is 1.73. The summed E-state index contributed by atoms with van der Waals surface area (Å²) in [7, 11) is 0. The molecule has 0 aromatic rings. The first-order valence-electron chi connectivity index (χ1n) is 6.02. The van der Waals surface area contributed by atoms with Gasteiger partial charge in [-0.3, -0.25) is 0 Å². The Kier molecular flexibility index (Phi) is 8.35. The van der Waals surface area contributed by atoms with Gasteiger partial charge in [-0.2, -0.15) is 0 Å². The zero-order valence-corrected chi connectivity index (χ0v) is 10.9. The van der Waals surface area contributed by atoms with Gasteiger partial charge in [-0.15, -0.1) is 12.8 Å². The first kappa shape index (κ1) is 14.8. The highest BCUT2D eigenvalue weighted by Crippen LogP contribution is 2.22. The molecule has 0 N–H and O–H groups in total. The zero-order valence-electron chi connectivity index (χ0n) is 10.9. The Morgan fingerprint density at radius 3 is 2.50 bits per heavy atom. The molecular weight excluding hydrogens is 192 g/mol. The van der Waals surface area contributed by atoms with Gasteiger partial charge in [0, 0.05) is 0 Å². The highest BCUT2D eigenvalue weighted by Gasteiger charge is 2.02. The van der Waals surface area contributed by atoms with Crippen LogP contribution in [0.1, 0.15) is 52.9 Å². The second-order valence-corrected chi connectivity index (χ2v) is 4.33. The van der Waals surface area contributed by atoms with E-state index in [4.69, 9.17) is 0 Å². The summed E-state index contributed by atoms with van der Waals surface area (Å²) in [5.74, 6) is 0. The van der Waals surface area contributed by atoms with Crippen LogP contribution < -0.4 is 0 Å². The molecule has 1 aliphatic rings. The lowest BCUT2D eigenvalue weighted by Gasteiger charge is -2.11. The summed E-state index contributed by atoms with van der Waals surface area (Å²) in [5, 5.41) is 0. The molecule has 0 fully saturated rings. The Bertz CT molecular complexity index is 297. The van der Waals surface area contributed by atoms with Gasteiger partial charge in [0.1, 0.15) is 0 Å². The lowest BCUT2D eigenvalue weighted by atomic mass is 9.95. The first-order valence-corrected chi connectivity index (χ1v) is 6.02. The molecule has 0 atom stereocenters. The Morgan fingerprint density at radius 1 is 1.31 bits per heavy atom. The quantitative estimate of drug-likeness (QED) is 0.456. The largest absolute Gasteiger partial charge is 0.124 e. The highest BCUT2D eigenvalue weighted by molar-refractivity contribution is 5.22. The van der Waals surface area contributed by atoms with Crippen LogP contribution in [0.15, 0.2) is 34.9 Å². The van der Waals surface area contributed by atoms with Crippen molar-refractivity contribution in [1.82, 2.24) is 0 Å². The molecule has 0 aromatic heterocycles. The van der Waals surface area contributed by atoms with Crippen molar-refractivity contribution < 1.29 is 0 Å². The molecule has 0 heterocycles. The average Bonchev–Trinajstić information content (AvgIpc) is 2.34. The summed E-state index contributed by atoms with van der Waals surface area (Å²) in [6.45, 7) is 6.57. The fourth-order valence-corrected chi connectivity index (χ4v) is 1.73. The van der Waals surface area contributed by atoms with Gasteiger partial charge in [0.2, 0.25) is 0 Å². The molecule has 0 radical (unpaired) electrons. The van der Waals surface area contributed by atoms with E-state index < -0.39 is 0 Å². The second kappa shape index (κ2) is 9.04. The van der Waals surface area contributed by atoms with Gasteiger partial charge >= 0.3 is 0 Å². The van der Waals surface area contributed by atoms with Crippen LogP contribution in [0.3, 0.4) is 0 Å². The fraction of sp³-hybridized carbons (Fsp3) is 0.500. The van der Waals surface area contributed by atoms with E-state index >= 15 is 0 Å². The van der Waals surface area contributed by atoms with E-state index in [1.807, 2.05) is 0 Å². The smallest absolute Gasteiger partial charge is 0.0280 e. The maximum atomic E-state index is 4.00. The van der Waals surface area contributed by atoms with Crippen LogP contribution in [-0.4, -0.2) is 0 Å². The third kappa shape index (κ3) is 6.30. The minimum atomic E-state index is 1.26. The molecule has 0 amide bonds. The Hall–Kier alpha value is -1.22. The molecule has 1 aliphatic carbocycles. The number of hydrogen-bond acceptors (Lipinski definition) is 0. The predicted octanol–water partition coefficient (Wildman–Crippen LogP) is 5.04. The number of hydrogen-bond donors (Lipinski definition) is 0. The molecule has 0 unspecified atom stereocenters. The van der Waals surface area contributed by atoms with E-state index in [2.05, 4.69) is 51.8 Å². The van der Waals surface area contributed by atoms with E-state index in [0.29, 0.717) is 0 Å². The van der Waals surface area contributed by atoms with E-state index in [1.165, 1.54) is 43.3 Å². The molecule has 0 bridgehead atoms. The summed E-state index contributed by atoms with van der Waals surface area (Å²) in [4.78, 5) is 0. The van der Waals surface area contributed by atoms with E-state index in [9.17, 15) is 0 Å². The molecule has 16 heavy (non-hydrogen) atoms. The van der Waals surface area contributed by atoms with Gasteiger partial charge in [-0.1, -0.05) is 34.9 Å². The van der Waals surface area contributed by atoms with E-state index in [-0.39, 0.29) is 0 Å². The minimum Gasteiger partial charge on any atom is -0.124 e. The molecular formula is C16H24. The lowest BCUT2D eigenvalue weighted by Crippen LogP contribution is -1.91. The van der Waals surface area contributed by atoms with Crippen molar-refractivity contribution in [2.24, 2.45) is 0 Å². The van der Waals surface area contributed by atoms with Crippen LogP contribution in [0.5, 0.6) is 0 Å². The molecule has 0 aliphatic heterocycles. The van der Waals surface area contributed by atoms with Gasteiger partial charge < -0.3 is 0 Å². The Balaban J connectivity index is 0.00000106. The van der Waals surface area contributed by atoms with Crippen molar-refractivity contribution in [1.29, 1.82) is 0 Å². The maximum Gasteiger partial charge on any atom is -0.0280 e. The third-order valence-corrected chi connectivity index (χ3v) is 3.01. The Labute approximate surface area is 101 Å². The van der Waals surface area contributed by atoms with Crippen molar-refractivity contribution in [3.05, 3.63) is 34.9 Å². The van der Waals surface area contributed by atoms with Gasteiger partial charge in [-0.05, 0) is 52.9 Å². The van der Waals surface area contributed by atoms with Crippen LogP contribution in [-0.2, 0) is 0 Å². The topological polar surface area (TPSA) is 0 Å². The van der Waals surface area contributed by atoms with Gasteiger partial charge in [-0.25, -0.2) is 0 Å². The maximum absolute atomic E-state index is 4.00. The van der Waals surface area contributed by atoms with Crippen LogP contribution in [0, 0.1) is 12.8 Å². The predicted molar refractivity (Wildman–Crippen MR) is 74.2 cm³/mol. The van der Waals surface area contributed by atoms with Crippen LogP contribution in [0.4, 0.5) is 0 Å². The van der Waals surface area contributed by atoms with E-state index in [0.717, 1.165) is 0 Å². The van der Waals surface area contributed by atoms with Crippen LogP contribution >= 0.6 is 0 Å². The molecule has 0 saturated heterocycles. The van der Waals surface area contributed by atoms with Gasteiger partial charge in [0.05, 0.1) is 0 Å². The SMILES string of the molecule is C#C.C/C=C(/C)CCCC1=CC=C(C)CC1. The van der Waals surface area contributed by atoms with E-state index in [1.54, 1.807) is 5.57 Å². The summed E-state index contributed by atoms with van der Waals surface area (Å²) >= 11 is 0. The number of terminal acetylenes is 1. The highest BCUT2D eigenvalue weighted by atomic mass is 14.1. The standard InChI is InChI=1S/C14H22.C2H2/c1-4-12(2)6-5-7-14-10-8-13(3)9-11-14;1-2/h4,8,10H,5-7,9,11H2,1-3H3;1-2H/b12-4-;. The third-order valence-electron chi connectivity index (χ3n) is 3.01. The number of rotatable bonds is 4. The second-order valence-electron chi connectivity index (χ2n) is 4.33. The molecule has 0 saturated carbocycles. The lowest BCUT2D eigenvalue weighted by molar-refractivity contribution is 0.752. The van der Waals surface area contributed by atoms with Crippen molar-refractivity contribution >= 4 is 0 Å². The monoisotopic (exact) mass is 216 g/mol. The van der Waals surface area contributed by atoms with Crippen LogP contribution in [0.25, 0.3) is 0 Å². The van der Waals surface area contributed by atoms with Crippen molar-refractivity contribution in [2.75, 3.05) is 0 Å². The molecule has 1 rings (SSSR count). The summed E-state index contributed by atoms with van der Waals surface area (Å²) in [5.41, 5.74) is 4.69. The van der Waals surface area contributed by atoms with Gasteiger partial charge in [0.25, 0.3) is 0 Å². The van der Waals surface area contributed by atoms with Crippen LogP contribution in [0.2, 0.25) is 0 Å².